The molecule has 1 amide bonds. The van der Waals surface area contributed by atoms with E-state index in [-0.39, 0.29) is 23.5 Å². The van der Waals surface area contributed by atoms with Crippen LogP contribution in [-0.4, -0.2) is 36.0 Å². The average Bonchev–Trinajstić information content (AvgIpc) is 2.47. The monoisotopic (exact) mass is 305 g/mol. The van der Waals surface area contributed by atoms with E-state index < -0.39 is 5.82 Å². The molecule has 0 spiro atoms. The van der Waals surface area contributed by atoms with Gasteiger partial charge in [-0.05, 0) is 26.0 Å². The Morgan fingerprint density at radius 2 is 1.86 bits per heavy atom. The van der Waals surface area contributed by atoms with Gasteiger partial charge < -0.3 is 9.64 Å². The zero-order valence-corrected chi connectivity index (χ0v) is 12.8. The number of esters is 1. The first-order valence-electron chi connectivity index (χ1n) is 7.36. The molecule has 1 fully saturated rings. The van der Waals surface area contributed by atoms with Crippen molar-refractivity contribution in [3.63, 3.8) is 0 Å². The SMILES string of the molecule is CC(C)=CC(=O)OC1CCN(C(=O)c2ccccc2F)CC1. The lowest BCUT2D eigenvalue weighted by atomic mass is 10.1. The number of ether oxygens (including phenoxy) is 1. The van der Waals surface area contributed by atoms with Gasteiger partial charge in [-0.1, -0.05) is 17.7 Å². The summed E-state index contributed by atoms with van der Waals surface area (Å²) < 4.78 is 19.0. The molecule has 1 saturated heterocycles. The molecule has 0 N–H and O–H groups in total. The second-order valence-electron chi connectivity index (χ2n) is 5.63. The molecule has 0 aliphatic carbocycles. The van der Waals surface area contributed by atoms with Crippen molar-refractivity contribution in [2.24, 2.45) is 0 Å². The fraction of sp³-hybridized carbons (Fsp3) is 0.412. The Bertz CT molecular complexity index is 585. The number of hydrogen-bond acceptors (Lipinski definition) is 3. The van der Waals surface area contributed by atoms with Crippen molar-refractivity contribution in [2.75, 3.05) is 13.1 Å². The molecule has 0 saturated carbocycles. The van der Waals surface area contributed by atoms with Crippen LogP contribution in [0.5, 0.6) is 0 Å². The van der Waals surface area contributed by atoms with Crippen molar-refractivity contribution in [3.8, 4) is 0 Å². The van der Waals surface area contributed by atoms with Gasteiger partial charge >= 0.3 is 5.97 Å². The van der Waals surface area contributed by atoms with Gasteiger partial charge in [-0.25, -0.2) is 9.18 Å². The number of halogens is 1. The number of nitrogens with zero attached hydrogens (tertiary/aromatic N) is 1. The van der Waals surface area contributed by atoms with Crippen molar-refractivity contribution in [1.82, 2.24) is 4.90 Å². The number of rotatable bonds is 3. The van der Waals surface area contributed by atoms with Crippen LogP contribution < -0.4 is 0 Å². The second-order valence-corrected chi connectivity index (χ2v) is 5.63. The summed E-state index contributed by atoms with van der Waals surface area (Å²) in [7, 11) is 0. The number of piperidine rings is 1. The average molecular weight is 305 g/mol. The summed E-state index contributed by atoms with van der Waals surface area (Å²) in [4.78, 5) is 25.4. The zero-order chi connectivity index (χ0) is 16.1. The van der Waals surface area contributed by atoms with Crippen molar-refractivity contribution < 1.29 is 18.7 Å². The lowest BCUT2D eigenvalue weighted by Crippen LogP contribution is -2.41. The van der Waals surface area contributed by atoms with E-state index in [2.05, 4.69) is 0 Å². The van der Waals surface area contributed by atoms with Crippen molar-refractivity contribution in [3.05, 3.63) is 47.3 Å². The molecule has 0 bridgehead atoms. The summed E-state index contributed by atoms with van der Waals surface area (Å²) in [5.41, 5.74) is 0.972. The van der Waals surface area contributed by atoms with E-state index >= 15 is 0 Å². The molecule has 118 valence electrons. The van der Waals surface area contributed by atoms with Crippen LogP contribution in [0.15, 0.2) is 35.9 Å². The van der Waals surface area contributed by atoms with Crippen molar-refractivity contribution in [2.45, 2.75) is 32.8 Å². The Hall–Kier alpha value is -2.17. The van der Waals surface area contributed by atoms with Gasteiger partial charge in [0.05, 0.1) is 5.56 Å². The van der Waals surface area contributed by atoms with E-state index in [0.29, 0.717) is 25.9 Å². The predicted molar refractivity (Wildman–Crippen MR) is 80.8 cm³/mol. The molecule has 0 aromatic heterocycles. The molecule has 0 atom stereocenters. The Morgan fingerprint density at radius 3 is 2.45 bits per heavy atom. The van der Waals surface area contributed by atoms with Crippen LogP contribution in [0.2, 0.25) is 0 Å². The second kappa shape index (κ2) is 7.20. The van der Waals surface area contributed by atoms with Crippen LogP contribution in [0.25, 0.3) is 0 Å². The minimum Gasteiger partial charge on any atom is -0.459 e. The molecule has 5 heteroatoms. The fourth-order valence-electron chi connectivity index (χ4n) is 2.42. The van der Waals surface area contributed by atoms with E-state index in [1.165, 1.54) is 18.2 Å². The highest BCUT2D eigenvalue weighted by atomic mass is 19.1. The first kappa shape index (κ1) is 16.2. The normalized spacial score (nSPS) is 15.3. The van der Waals surface area contributed by atoms with Crippen LogP contribution in [0.3, 0.4) is 0 Å². The number of carbonyl (C=O) groups excluding carboxylic acids is 2. The molecular weight excluding hydrogens is 285 g/mol. The topological polar surface area (TPSA) is 46.6 Å². The largest absolute Gasteiger partial charge is 0.459 e. The van der Waals surface area contributed by atoms with Gasteiger partial charge in [0.2, 0.25) is 0 Å². The van der Waals surface area contributed by atoms with Crippen LogP contribution in [0.4, 0.5) is 4.39 Å². The molecule has 0 radical (unpaired) electrons. The molecule has 0 unspecified atom stereocenters. The summed E-state index contributed by atoms with van der Waals surface area (Å²) >= 11 is 0. The predicted octanol–water partition coefficient (Wildman–Crippen LogP) is 2.94. The molecule has 1 aromatic carbocycles. The van der Waals surface area contributed by atoms with E-state index in [1.807, 2.05) is 13.8 Å². The molecule has 1 heterocycles. The number of allylic oxidation sites excluding steroid dienone is 1. The lowest BCUT2D eigenvalue weighted by molar-refractivity contribution is -0.144. The highest BCUT2D eigenvalue weighted by Crippen LogP contribution is 2.18. The maximum absolute atomic E-state index is 13.6. The third-order valence-electron chi connectivity index (χ3n) is 3.52. The molecule has 4 nitrogen and oxygen atoms in total. The van der Waals surface area contributed by atoms with E-state index in [9.17, 15) is 14.0 Å². The van der Waals surface area contributed by atoms with Crippen LogP contribution in [0, 0.1) is 5.82 Å². The number of carbonyl (C=O) groups is 2. The van der Waals surface area contributed by atoms with Crippen LogP contribution >= 0.6 is 0 Å². The quantitative estimate of drug-likeness (QED) is 0.637. The maximum Gasteiger partial charge on any atom is 0.330 e. The van der Waals surface area contributed by atoms with Gasteiger partial charge in [-0.2, -0.15) is 0 Å². The van der Waals surface area contributed by atoms with Gasteiger partial charge in [-0.15, -0.1) is 0 Å². The van der Waals surface area contributed by atoms with Gasteiger partial charge in [0.25, 0.3) is 5.91 Å². The first-order chi connectivity index (χ1) is 10.5. The van der Waals surface area contributed by atoms with Crippen LogP contribution in [-0.2, 0) is 9.53 Å². The molecule has 22 heavy (non-hydrogen) atoms. The Labute approximate surface area is 129 Å². The third-order valence-corrected chi connectivity index (χ3v) is 3.52. The Kier molecular flexibility index (Phi) is 5.31. The lowest BCUT2D eigenvalue weighted by Gasteiger charge is -2.31. The van der Waals surface area contributed by atoms with E-state index in [4.69, 9.17) is 4.74 Å². The van der Waals surface area contributed by atoms with Gasteiger partial charge in [0.15, 0.2) is 0 Å². The maximum atomic E-state index is 13.6. The number of amides is 1. The zero-order valence-electron chi connectivity index (χ0n) is 12.8. The summed E-state index contributed by atoms with van der Waals surface area (Å²) in [6, 6.07) is 5.96. The minimum absolute atomic E-state index is 0.0856. The van der Waals surface area contributed by atoms with E-state index in [0.717, 1.165) is 5.57 Å². The molecule has 2 rings (SSSR count). The van der Waals surface area contributed by atoms with Gasteiger partial charge in [0, 0.05) is 32.0 Å². The highest BCUT2D eigenvalue weighted by Gasteiger charge is 2.26. The third kappa shape index (κ3) is 4.16. The summed E-state index contributed by atoms with van der Waals surface area (Å²) in [6.45, 7) is 4.58. The van der Waals surface area contributed by atoms with Crippen molar-refractivity contribution >= 4 is 11.9 Å². The minimum atomic E-state index is -0.510. The number of benzene rings is 1. The summed E-state index contributed by atoms with van der Waals surface area (Å²) in [5, 5.41) is 0. The standard InChI is InChI=1S/C17H20FNO3/c1-12(2)11-16(20)22-13-7-9-19(10-8-13)17(21)14-5-3-4-6-15(14)18/h3-6,11,13H,7-10H2,1-2H3. The van der Waals surface area contributed by atoms with Crippen molar-refractivity contribution in [1.29, 1.82) is 0 Å². The summed E-state index contributed by atoms with van der Waals surface area (Å²) in [5.74, 6) is -1.17. The molecule has 1 aliphatic heterocycles. The smallest absolute Gasteiger partial charge is 0.330 e. The first-order valence-corrected chi connectivity index (χ1v) is 7.36. The van der Waals surface area contributed by atoms with Gasteiger partial charge in [0.1, 0.15) is 11.9 Å². The van der Waals surface area contributed by atoms with Crippen LogP contribution in [0.1, 0.15) is 37.0 Å². The van der Waals surface area contributed by atoms with E-state index in [1.54, 1.807) is 17.0 Å². The molecular formula is C17H20FNO3. The Morgan fingerprint density at radius 1 is 1.23 bits per heavy atom. The Balaban J connectivity index is 1.90. The molecule has 1 aliphatic rings. The fourth-order valence-corrected chi connectivity index (χ4v) is 2.42. The number of likely N-dealkylation sites (tertiary alicyclic amines) is 1. The number of hydrogen-bond donors (Lipinski definition) is 0. The summed E-state index contributed by atoms with van der Waals surface area (Å²) in [6.07, 6.45) is 2.41. The van der Waals surface area contributed by atoms with Gasteiger partial charge in [-0.3, -0.25) is 4.79 Å². The molecule has 1 aromatic rings. The highest BCUT2D eigenvalue weighted by molar-refractivity contribution is 5.94.